The smallest absolute Gasteiger partial charge is 0.144 e. The molecule has 0 spiro atoms. The Morgan fingerprint density at radius 3 is 2.69 bits per heavy atom. The average molecular weight is 353 g/mol. The second kappa shape index (κ2) is 8.45. The number of aryl methyl sites for hydroxylation is 1. The monoisotopic (exact) mass is 353 g/mol. The van der Waals surface area contributed by atoms with Crippen molar-refractivity contribution in [3.8, 4) is 6.07 Å². The van der Waals surface area contributed by atoms with Crippen LogP contribution < -0.4 is 0 Å². The first-order valence-corrected chi connectivity index (χ1v) is 9.62. The molecule has 0 aromatic heterocycles. The van der Waals surface area contributed by atoms with Crippen molar-refractivity contribution in [3.05, 3.63) is 69.8 Å². The van der Waals surface area contributed by atoms with Crippen molar-refractivity contribution in [2.75, 3.05) is 0 Å². The Balaban J connectivity index is 1.72. The summed E-state index contributed by atoms with van der Waals surface area (Å²) in [6.45, 7) is 2.18. The second-order valence-corrected chi connectivity index (χ2v) is 7.28. The van der Waals surface area contributed by atoms with Crippen molar-refractivity contribution >= 4 is 0 Å². The highest BCUT2D eigenvalue weighted by Crippen LogP contribution is 2.36. The highest BCUT2D eigenvalue weighted by Gasteiger charge is 2.25. The molecule has 1 aliphatic rings. The van der Waals surface area contributed by atoms with Crippen LogP contribution in [0.4, 0.5) is 8.78 Å². The number of hydrogen-bond acceptors (Lipinski definition) is 1. The van der Waals surface area contributed by atoms with E-state index >= 15 is 0 Å². The van der Waals surface area contributed by atoms with E-state index in [4.69, 9.17) is 5.26 Å². The van der Waals surface area contributed by atoms with Crippen molar-refractivity contribution < 1.29 is 8.78 Å². The molecule has 3 rings (SSSR count). The van der Waals surface area contributed by atoms with Crippen molar-refractivity contribution in [2.45, 2.75) is 64.2 Å². The van der Waals surface area contributed by atoms with Crippen molar-refractivity contribution in [1.82, 2.24) is 0 Å². The molecule has 0 saturated heterocycles. The van der Waals surface area contributed by atoms with Crippen LogP contribution in [0.5, 0.6) is 0 Å². The molecule has 0 heterocycles. The topological polar surface area (TPSA) is 23.8 Å². The third kappa shape index (κ3) is 3.96. The molecule has 0 fully saturated rings. The van der Waals surface area contributed by atoms with E-state index in [1.54, 1.807) is 6.07 Å². The Morgan fingerprint density at radius 1 is 1.12 bits per heavy atom. The van der Waals surface area contributed by atoms with Crippen LogP contribution in [-0.4, -0.2) is 0 Å². The number of hydrogen-bond donors (Lipinski definition) is 0. The largest absolute Gasteiger partial charge is 0.207 e. The average Bonchev–Trinajstić information content (AvgIpc) is 2.65. The quantitative estimate of drug-likeness (QED) is 0.565. The van der Waals surface area contributed by atoms with Crippen LogP contribution in [-0.2, 0) is 19.3 Å². The second-order valence-electron chi connectivity index (χ2n) is 7.28. The zero-order valence-electron chi connectivity index (χ0n) is 15.3. The summed E-state index contributed by atoms with van der Waals surface area (Å²) in [6.07, 6.45) is 7.54. The van der Waals surface area contributed by atoms with Crippen molar-refractivity contribution in [3.63, 3.8) is 0 Å². The molecule has 0 N–H and O–H groups in total. The number of halogens is 2. The van der Waals surface area contributed by atoms with Crippen LogP contribution in [0.2, 0.25) is 0 Å². The Labute approximate surface area is 154 Å². The number of unbranched alkanes of at least 4 members (excludes halogenated alkanes) is 3. The normalized spacial score (nSPS) is 16.2. The molecule has 2 aromatic rings. The minimum Gasteiger partial charge on any atom is -0.207 e. The lowest BCUT2D eigenvalue weighted by atomic mass is 9.79. The molecular formula is C23H25F2N. The molecule has 1 unspecified atom stereocenters. The van der Waals surface area contributed by atoms with Gasteiger partial charge >= 0.3 is 0 Å². The summed E-state index contributed by atoms with van der Waals surface area (Å²) in [6, 6.07) is 10.9. The summed E-state index contributed by atoms with van der Waals surface area (Å²) in [7, 11) is 0. The van der Waals surface area contributed by atoms with Crippen LogP contribution in [0.1, 0.15) is 72.8 Å². The van der Waals surface area contributed by atoms with E-state index in [9.17, 15) is 8.78 Å². The van der Waals surface area contributed by atoms with Gasteiger partial charge in [-0.2, -0.15) is 5.26 Å². The fourth-order valence-corrected chi connectivity index (χ4v) is 3.97. The van der Waals surface area contributed by atoms with Gasteiger partial charge in [0.25, 0.3) is 0 Å². The lowest BCUT2D eigenvalue weighted by Crippen LogP contribution is -2.16. The summed E-state index contributed by atoms with van der Waals surface area (Å²) < 4.78 is 29.0. The molecule has 0 saturated carbocycles. The molecular weight excluding hydrogens is 328 g/mol. The zero-order valence-corrected chi connectivity index (χ0v) is 15.3. The van der Waals surface area contributed by atoms with Crippen molar-refractivity contribution in [2.24, 2.45) is 0 Å². The van der Waals surface area contributed by atoms with E-state index < -0.39 is 5.82 Å². The number of nitrogens with zero attached hydrogens (tertiary/aromatic N) is 1. The third-order valence-electron chi connectivity index (χ3n) is 5.49. The molecule has 26 heavy (non-hydrogen) atoms. The highest BCUT2D eigenvalue weighted by molar-refractivity contribution is 5.43. The maximum Gasteiger partial charge on any atom is 0.144 e. The van der Waals surface area contributed by atoms with E-state index in [1.807, 2.05) is 24.3 Å². The predicted molar refractivity (Wildman–Crippen MR) is 100 cm³/mol. The van der Waals surface area contributed by atoms with Crippen LogP contribution in [0.3, 0.4) is 0 Å². The molecule has 2 aromatic carbocycles. The van der Waals surface area contributed by atoms with Gasteiger partial charge in [-0.3, -0.25) is 0 Å². The van der Waals surface area contributed by atoms with Gasteiger partial charge in [-0.1, -0.05) is 44.4 Å². The standard InChI is InChI=1S/C23H25F2N/c1-2-3-4-5-6-16-7-11-20(22(24)13-16)17-10-12-21-18(14-17)8-9-19(15-26)23(21)25/h7-9,11,13,17H,2-6,10,12,14H2,1H3. The van der Waals surface area contributed by atoms with Crippen LogP contribution in [0.25, 0.3) is 0 Å². The lowest BCUT2D eigenvalue weighted by Gasteiger charge is -2.26. The van der Waals surface area contributed by atoms with Gasteiger partial charge < -0.3 is 0 Å². The summed E-state index contributed by atoms with van der Waals surface area (Å²) in [4.78, 5) is 0. The minimum absolute atomic E-state index is 0.0731. The lowest BCUT2D eigenvalue weighted by molar-refractivity contribution is 0.513. The molecule has 1 nitrogen and oxygen atoms in total. The molecule has 136 valence electrons. The molecule has 0 aliphatic heterocycles. The zero-order chi connectivity index (χ0) is 18.5. The Hall–Kier alpha value is -2.21. The number of rotatable bonds is 6. The van der Waals surface area contributed by atoms with Gasteiger partial charge in [0.05, 0.1) is 5.56 Å². The SMILES string of the molecule is CCCCCCc1ccc(C2CCc3c(ccc(C#N)c3F)C2)c(F)c1. The van der Waals surface area contributed by atoms with Crippen LogP contribution >= 0.6 is 0 Å². The number of fused-ring (bicyclic) bond motifs is 1. The molecule has 0 radical (unpaired) electrons. The highest BCUT2D eigenvalue weighted by atomic mass is 19.1. The fourth-order valence-electron chi connectivity index (χ4n) is 3.97. The molecule has 0 amide bonds. The Morgan fingerprint density at radius 2 is 1.96 bits per heavy atom. The Bertz CT molecular complexity index is 820. The number of nitriles is 1. The first kappa shape index (κ1) is 18.6. The first-order valence-electron chi connectivity index (χ1n) is 9.62. The maximum absolute atomic E-state index is 14.7. The van der Waals surface area contributed by atoms with E-state index in [0.717, 1.165) is 29.5 Å². The summed E-state index contributed by atoms with van der Waals surface area (Å²) >= 11 is 0. The fraction of sp³-hybridized carbons (Fsp3) is 0.435. The molecule has 3 heteroatoms. The Kier molecular flexibility index (Phi) is 6.04. The molecule has 1 aliphatic carbocycles. The third-order valence-corrected chi connectivity index (χ3v) is 5.49. The van der Waals surface area contributed by atoms with Gasteiger partial charge in [0.1, 0.15) is 17.7 Å². The van der Waals surface area contributed by atoms with Gasteiger partial charge in [0, 0.05) is 0 Å². The van der Waals surface area contributed by atoms with Crippen molar-refractivity contribution in [1.29, 1.82) is 5.26 Å². The van der Waals surface area contributed by atoms with Gasteiger partial charge in [-0.05, 0) is 72.4 Å². The van der Waals surface area contributed by atoms with Crippen LogP contribution in [0, 0.1) is 23.0 Å². The predicted octanol–water partition coefficient (Wildman–Crippen LogP) is 6.23. The van der Waals surface area contributed by atoms with E-state index in [-0.39, 0.29) is 17.3 Å². The van der Waals surface area contributed by atoms with Crippen LogP contribution in [0.15, 0.2) is 30.3 Å². The summed E-state index contributed by atoms with van der Waals surface area (Å²) in [5, 5.41) is 8.96. The van der Waals surface area contributed by atoms with Gasteiger partial charge in [-0.25, -0.2) is 8.78 Å². The minimum atomic E-state index is -0.397. The molecule has 0 bridgehead atoms. The molecule has 1 atom stereocenters. The summed E-state index contributed by atoms with van der Waals surface area (Å²) in [5.74, 6) is -0.462. The van der Waals surface area contributed by atoms with E-state index in [1.165, 1.54) is 25.3 Å². The van der Waals surface area contributed by atoms with Gasteiger partial charge in [0.2, 0.25) is 0 Å². The number of benzene rings is 2. The first-order chi connectivity index (χ1) is 12.6. The van der Waals surface area contributed by atoms with Gasteiger partial charge in [0.15, 0.2) is 0 Å². The maximum atomic E-state index is 14.7. The van der Waals surface area contributed by atoms with Gasteiger partial charge in [-0.15, -0.1) is 0 Å². The van der Waals surface area contributed by atoms with E-state index in [2.05, 4.69) is 6.92 Å². The van der Waals surface area contributed by atoms with E-state index in [0.29, 0.717) is 24.8 Å². The summed E-state index contributed by atoms with van der Waals surface area (Å²) in [5.41, 5.74) is 3.43.